The summed E-state index contributed by atoms with van der Waals surface area (Å²) in [6, 6.07) is 0.190. The topological polar surface area (TPSA) is 60.2 Å². The minimum absolute atomic E-state index is 0.190. The molecule has 3 unspecified atom stereocenters. The smallest absolute Gasteiger partial charge is 0.150 e. The van der Waals surface area contributed by atoms with E-state index in [0.29, 0.717) is 35.2 Å². The van der Waals surface area contributed by atoms with Crippen LogP contribution >= 0.6 is 0 Å². The summed E-state index contributed by atoms with van der Waals surface area (Å²) in [5, 5.41) is 0. The summed E-state index contributed by atoms with van der Waals surface area (Å²) < 4.78 is 23.6. The summed E-state index contributed by atoms with van der Waals surface area (Å²) in [6.07, 6.45) is 4.77. The number of hydrogen-bond donors (Lipinski definition) is 1. The summed E-state index contributed by atoms with van der Waals surface area (Å²) in [7, 11) is -2.86. The Bertz CT molecular complexity index is 370. The Morgan fingerprint density at radius 3 is 2.32 bits per heavy atom. The second kappa shape index (κ2) is 6.57. The molecule has 0 radical (unpaired) electrons. The standard InChI is InChI=1S/C15H31NO2S/c1-5-9-19(17,18)10-8-12-11-13(15(2,3)4)6-7-14(12)16/h12-14H,5-11,16H2,1-4H3. The van der Waals surface area contributed by atoms with Crippen molar-refractivity contribution >= 4 is 9.84 Å². The Hall–Kier alpha value is -0.0900. The molecule has 2 N–H and O–H groups in total. The van der Waals surface area contributed by atoms with Crippen LogP contribution in [0.3, 0.4) is 0 Å². The summed E-state index contributed by atoms with van der Waals surface area (Å²) in [6.45, 7) is 8.75. The van der Waals surface area contributed by atoms with Gasteiger partial charge in [0.15, 0.2) is 0 Å². The highest BCUT2D eigenvalue weighted by Gasteiger charge is 2.34. The predicted molar refractivity (Wildman–Crippen MR) is 81.8 cm³/mol. The van der Waals surface area contributed by atoms with Crippen molar-refractivity contribution in [3.63, 3.8) is 0 Å². The number of sulfone groups is 1. The number of hydrogen-bond acceptors (Lipinski definition) is 3. The number of nitrogens with two attached hydrogens (primary N) is 1. The van der Waals surface area contributed by atoms with Gasteiger partial charge in [0.25, 0.3) is 0 Å². The van der Waals surface area contributed by atoms with E-state index in [4.69, 9.17) is 5.73 Å². The molecule has 0 aromatic rings. The van der Waals surface area contributed by atoms with Gasteiger partial charge in [-0.2, -0.15) is 0 Å². The largest absolute Gasteiger partial charge is 0.327 e. The molecular weight excluding hydrogens is 258 g/mol. The zero-order valence-corrected chi connectivity index (χ0v) is 13.8. The quantitative estimate of drug-likeness (QED) is 0.846. The highest BCUT2D eigenvalue weighted by molar-refractivity contribution is 7.91. The zero-order valence-electron chi connectivity index (χ0n) is 13.0. The van der Waals surface area contributed by atoms with Crippen molar-refractivity contribution in [1.29, 1.82) is 0 Å². The first kappa shape index (κ1) is 17.0. The maximum atomic E-state index is 11.8. The van der Waals surface area contributed by atoms with Crippen molar-refractivity contribution in [2.75, 3.05) is 11.5 Å². The van der Waals surface area contributed by atoms with Crippen LogP contribution in [0.1, 0.15) is 59.8 Å². The third kappa shape index (κ3) is 5.42. The minimum atomic E-state index is -2.86. The van der Waals surface area contributed by atoms with Crippen LogP contribution in [-0.4, -0.2) is 26.0 Å². The second-order valence-electron chi connectivity index (χ2n) is 7.24. The third-order valence-corrected chi connectivity index (χ3v) is 6.47. The molecule has 3 atom stereocenters. The van der Waals surface area contributed by atoms with Gasteiger partial charge in [-0.15, -0.1) is 0 Å². The van der Waals surface area contributed by atoms with Crippen molar-refractivity contribution in [1.82, 2.24) is 0 Å². The maximum absolute atomic E-state index is 11.8. The molecule has 0 spiro atoms. The fourth-order valence-electron chi connectivity index (χ4n) is 3.15. The van der Waals surface area contributed by atoms with Gasteiger partial charge in [-0.25, -0.2) is 8.42 Å². The van der Waals surface area contributed by atoms with Gasteiger partial charge < -0.3 is 5.73 Å². The lowest BCUT2D eigenvalue weighted by Gasteiger charge is -2.40. The predicted octanol–water partition coefficient (Wildman–Crippen LogP) is 2.99. The second-order valence-corrected chi connectivity index (χ2v) is 9.54. The average Bonchev–Trinajstić information content (AvgIpc) is 2.26. The average molecular weight is 289 g/mol. The van der Waals surface area contributed by atoms with E-state index in [-0.39, 0.29) is 6.04 Å². The van der Waals surface area contributed by atoms with E-state index in [1.807, 2.05) is 6.92 Å². The molecule has 0 aliphatic heterocycles. The van der Waals surface area contributed by atoms with E-state index in [1.54, 1.807) is 0 Å². The van der Waals surface area contributed by atoms with E-state index < -0.39 is 9.84 Å². The van der Waals surface area contributed by atoms with Crippen LogP contribution in [0.4, 0.5) is 0 Å². The van der Waals surface area contributed by atoms with Crippen LogP contribution in [0.25, 0.3) is 0 Å². The number of rotatable bonds is 5. The van der Waals surface area contributed by atoms with Crippen molar-refractivity contribution in [2.24, 2.45) is 23.0 Å². The molecule has 0 bridgehead atoms. The van der Waals surface area contributed by atoms with E-state index in [1.165, 1.54) is 6.42 Å². The molecule has 0 aromatic heterocycles. The molecule has 114 valence electrons. The van der Waals surface area contributed by atoms with Crippen LogP contribution in [0, 0.1) is 17.3 Å². The van der Waals surface area contributed by atoms with E-state index in [2.05, 4.69) is 20.8 Å². The van der Waals surface area contributed by atoms with Gasteiger partial charge >= 0.3 is 0 Å². The van der Waals surface area contributed by atoms with Crippen molar-refractivity contribution in [2.45, 2.75) is 65.8 Å². The molecule has 4 heteroatoms. The SMILES string of the molecule is CCCS(=O)(=O)CCC1CC(C(C)(C)C)CCC1N. The van der Waals surface area contributed by atoms with Gasteiger partial charge in [0, 0.05) is 11.8 Å². The summed E-state index contributed by atoms with van der Waals surface area (Å²) in [5.41, 5.74) is 6.50. The summed E-state index contributed by atoms with van der Waals surface area (Å²) in [4.78, 5) is 0. The Morgan fingerprint density at radius 1 is 1.16 bits per heavy atom. The summed E-state index contributed by atoms with van der Waals surface area (Å²) >= 11 is 0. The van der Waals surface area contributed by atoms with Crippen LogP contribution in [0.2, 0.25) is 0 Å². The molecule has 1 fully saturated rings. The Balaban J connectivity index is 2.56. The van der Waals surface area contributed by atoms with Crippen LogP contribution in [-0.2, 0) is 9.84 Å². The fourth-order valence-corrected chi connectivity index (χ4v) is 4.64. The van der Waals surface area contributed by atoms with E-state index in [0.717, 1.165) is 19.3 Å². The lowest BCUT2D eigenvalue weighted by Crippen LogP contribution is -2.40. The monoisotopic (exact) mass is 289 g/mol. The zero-order chi connectivity index (χ0) is 14.7. The first-order chi connectivity index (χ1) is 8.65. The van der Waals surface area contributed by atoms with Crippen molar-refractivity contribution < 1.29 is 8.42 Å². The van der Waals surface area contributed by atoms with Crippen molar-refractivity contribution in [3.8, 4) is 0 Å². The molecule has 1 rings (SSSR count). The molecular formula is C15H31NO2S. The van der Waals surface area contributed by atoms with E-state index in [9.17, 15) is 8.42 Å². The first-order valence-electron chi connectivity index (χ1n) is 7.61. The molecule has 0 aromatic carbocycles. The minimum Gasteiger partial charge on any atom is -0.327 e. The Morgan fingerprint density at radius 2 is 1.79 bits per heavy atom. The Kier molecular flexibility index (Phi) is 5.87. The van der Waals surface area contributed by atoms with Crippen LogP contribution in [0.15, 0.2) is 0 Å². The fraction of sp³-hybridized carbons (Fsp3) is 1.00. The molecule has 19 heavy (non-hydrogen) atoms. The highest BCUT2D eigenvalue weighted by Crippen LogP contribution is 2.40. The molecule has 3 nitrogen and oxygen atoms in total. The molecule has 0 amide bonds. The van der Waals surface area contributed by atoms with Gasteiger partial charge in [-0.05, 0) is 49.4 Å². The highest BCUT2D eigenvalue weighted by atomic mass is 32.2. The third-order valence-electron chi connectivity index (χ3n) is 4.58. The molecule has 0 saturated heterocycles. The van der Waals surface area contributed by atoms with Gasteiger partial charge in [0.1, 0.15) is 9.84 Å². The van der Waals surface area contributed by atoms with E-state index >= 15 is 0 Å². The molecule has 0 heterocycles. The van der Waals surface area contributed by atoms with Crippen molar-refractivity contribution in [3.05, 3.63) is 0 Å². The van der Waals surface area contributed by atoms with Gasteiger partial charge in [-0.1, -0.05) is 27.7 Å². The lowest BCUT2D eigenvalue weighted by molar-refractivity contribution is 0.125. The van der Waals surface area contributed by atoms with Gasteiger partial charge in [-0.3, -0.25) is 0 Å². The maximum Gasteiger partial charge on any atom is 0.150 e. The normalized spacial score (nSPS) is 29.4. The van der Waals surface area contributed by atoms with Crippen LogP contribution < -0.4 is 5.73 Å². The molecule has 1 aliphatic rings. The summed E-state index contributed by atoms with van der Waals surface area (Å²) in [5.74, 6) is 1.68. The van der Waals surface area contributed by atoms with Gasteiger partial charge in [0.05, 0.1) is 5.75 Å². The lowest BCUT2D eigenvalue weighted by atomic mass is 9.67. The molecule has 1 saturated carbocycles. The van der Waals surface area contributed by atoms with Crippen LogP contribution in [0.5, 0.6) is 0 Å². The molecule has 1 aliphatic carbocycles. The Labute approximate surface area is 119 Å². The van der Waals surface area contributed by atoms with Gasteiger partial charge in [0.2, 0.25) is 0 Å². The first-order valence-corrected chi connectivity index (χ1v) is 9.44.